The molecule has 1 fully saturated rings. The summed E-state index contributed by atoms with van der Waals surface area (Å²) in [6, 6.07) is 9.49. The molecule has 11 heteroatoms. The van der Waals surface area contributed by atoms with E-state index in [-0.39, 0.29) is 46.8 Å². The third-order valence-corrected chi connectivity index (χ3v) is 6.39. The summed E-state index contributed by atoms with van der Waals surface area (Å²) >= 11 is 0. The highest BCUT2D eigenvalue weighted by molar-refractivity contribution is 7.89. The van der Waals surface area contributed by atoms with Crippen LogP contribution in [0.3, 0.4) is 0 Å². The molecule has 0 bridgehead atoms. The number of anilines is 1. The highest BCUT2D eigenvalue weighted by atomic mass is 32.2. The molecule has 0 aromatic heterocycles. The van der Waals surface area contributed by atoms with Gasteiger partial charge in [0.05, 0.1) is 29.9 Å². The van der Waals surface area contributed by atoms with Crippen LogP contribution in [-0.2, 0) is 14.8 Å². The van der Waals surface area contributed by atoms with Crippen LogP contribution in [0.5, 0.6) is 11.5 Å². The fraction of sp³-hybridized carbons (Fsp3) is 0.381. The van der Waals surface area contributed by atoms with E-state index in [0.29, 0.717) is 13.2 Å². The van der Waals surface area contributed by atoms with Gasteiger partial charge in [0.25, 0.3) is 5.91 Å². The van der Waals surface area contributed by atoms with Crippen LogP contribution in [0.25, 0.3) is 0 Å². The SMILES string of the molecule is CC(C)Oc1ccc(S(=O)(=O)N2CCOCC2)cc1NC(=O)c1cccc(OC(F)F)c1. The summed E-state index contributed by atoms with van der Waals surface area (Å²) in [5.41, 5.74) is 0.193. The Labute approximate surface area is 185 Å². The molecule has 2 aromatic rings. The van der Waals surface area contributed by atoms with E-state index in [2.05, 4.69) is 10.1 Å². The zero-order valence-electron chi connectivity index (χ0n) is 17.6. The van der Waals surface area contributed by atoms with Crippen LogP contribution in [-0.4, -0.2) is 57.6 Å². The maximum absolute atomic E-state index is 13.0. The lowest BCUT2D eigenvalue weighted by molar-refractivity contribution is -0.0498. The average molecular weight is 470 g/mol. The second-order valence-electron chi connectivity index (χ2n) is 7.20. The van der Waals surface area contributed by atoms with Crippen LogP contribution in [0.4, 0.5) is 14.5 Å². The van der Waals surface area contributed by atoms with Gasteiger partial charge in [-0.2, -0.15) is 13.1 Å². The number of nitrogens with one attached hydrogen (secondary N) is 1. The lowest BCUT2D eigenvalue weighted by Crippen LogP contribution is -2.40. The number of hydrogen-bond donors (Lipinski definition) is 1. The van der Waals surface area contributed by atoms with Crippen molar-refractivity contribution in [3.63, 3.8) is 0 Å². The van der Waals surface area contributed by atoms with Crippen LogP contribution < -0.4 is 14.8 Å². The van der Waals surface area contributed by atoms with E-state index in [1.807, 2.05) is 0 Å². The molecule has 0 aliphatic carbocycles. The molecule has 1 saturated heterocycles. The smallest absolute Gasteiger partial charge is 0.387 e. The van der Waals surface area contributed by atoms with E-state index in [9.17, 15) is 22.0 Å². The van der Waals surface area contributed by atoms with Crippen molar-refractivity contribution in [1.29, 1.82) is 0 Å². The number of nitrogens with zero attached hydrogens (tertiary/aromatic N) is 1. The van der Waals surface area contributed by atoms with Gasteiger partial charge in [0, 0.05) is 18.7 Å². The number of alkyl halides is 2. The minimum Gasteiger partial charge on any atom is -0.489 e. The van der Waals surface area contributed by atoms with Crippen molar-refractivity contribution in [2.75, 3.05) is 31.6 Å². The number of rotatable bonds is 8. The Morgan fingerprint density at radius 1 is 1.09 bits per heavy atom. The normalized spacial score (nSPS) is 15.1. The molecule has 0 unspecified atom stereocenters. The van der Waals surface area contributed by atoms with Crippen molar-refractivity contribution < 1.29 is 36.2 Å². The molecule has 174 valence electrons. The van der Waals surface area contributed by atoms with Gasteiger partial charge >= 0.3 is 6.61 Å². The van der Waals surface area contributed by atoms with Crippen molar-refractivity contribution in [2.24, 2.45) is 0 Å². The zero-order chi connectivity index (χ0) is 23.3. The molecule has 8 nitrogen and oxygen atoms in total. The van der Waals surface area contributed by atoms with Gasteiger partial charge in [-0.1, -0.05) is 6.07 Å². The van der Waals surface area contributed by atoms with Crippen molar-refractivity contribution in [3.05, 3.63) is 48.0 Å². The Kier molecular flexibility index (Phi) is 7.64. The van der Waals surface area contributed by atoms with E-state index >= 15 is 0 Å². The predicted octanol–water partition coefficient (Wildman–Crippen LogP) is 3.35. The third-order valence-electron chi connectivity index (χ3n) is 4.49. The van der Waals surface area contributed by atoms with E-state index in [4.69, 9.17) is 9.47 Å². The van der Waals surface area contributed by atoms with Gasteiger partial charge in [0.2, 0.25) is 10.0 Å². The molecule has 1 heterocycles. The first-order valence-corrected chi connectivity index (χ1v) is 11.4. The van der Waals surface area contributed by atoms with Gasteiger partial charge in [-0.05, 0) is 50.2 Å². The number of ether oxygens (including phenoxy) is 3. The number of amides is 1. The van der Waals surface area contributed by atoms with Crippen LogP contribution in [0.2, 0.25) is 0 Å². The van der Waals surface area contributed by atoms with Crippen LogP contribution >= 0.6 is 0 Å². The van der Waals surface area contributed by atoms with Crippen LogP contribution in [0.15, 0.2) is 47.4 Å². The van der Waals surface area contributed by atoms with Crippen molar-refractivity contribution in [1.82, 2.24) is 4.31 Å². The lowest BCUT2D eigenvalue weighted by Gasteiger charge is -2.26. The summed E-state index contributed by atoms with van der Waals surface area (Å²) in [7, 11) is -3.81. The largest absolute Gasteiger partial charge is 0.489 e. The van der Waals surface area contributed by atoms with Gasteiger partial charge in [-0.3, -0.25) is 4.79 Å². The van der Waals surface area contributed by atoms with Crippen molar-refractivity contribution in [2.45, 2.75) is 31.5 Å². The molecule has 1 N–H and O–H groups in total. The topological polar surface area (TPSA) is 94.2 Å². The number of morpholine rings is 1. The highest BCUT2D eigenvalue weighted by Gasteiger charge is 2.27. The Balaban J connectivity index is 1.91. The highest BCUT2D eigenvalue weighted by Crippen LogP contribution is 2.31. The zero-order valence-corrected chi connectivity index (χ0v) is 18.4. The molecule has 1 aliphatic heterocycles. The molecule has 2 aromatic carbocycles. The number of carbonyl (C=O) groups is 1. The molecule has 0 radical (unpaired) electrons. The minimum atomic E-state index is -3.81. The Hall–Kier alpha value is -2.76. The minimum absolute atomic E-state index is 0.0133. The van der Waals surface area contributed by atoms with Gasteiger partial charge in [0.1, 0.15) is 11.5 Å². The summed E-state index contributed by atoms with van der Waals surface area (Å²) < 4.78 is 67.5. The number of carbonyl (C=O) groups excluding carboxylic acids is 1. The molecule has 0 spiro atoms. The average Bonchev–Trinajstić information content (AvgIpc) is 2.75. The maximum Gasteiger partial charge on any atom is 0.387 e. The summed E-state index contributed by atoms with van der Waals surface area (Å²) in [6.45, 7) is 1.60. The standard InChI is InChI=1S/C21H24F2N2O6S/c1-14(2)30-19-7-6-17(32(27,28)25-8-10-29-11-9-25)13-18(19)24-20(26)15-4-3-5-16(12-15)31-21(22)23/h3-7,12-14,21H,8-11H2,1-2H3,(H,24,26). The van der Waals surface area contributed by atoms with Gasteiger partial charge in [-0.25, -0.2) is 8.42 Å². The lowest BCUT2D eigenvalue weighted by atomic mass is 10.2. The van der Waals surface area contributed by atoms with Gasteiger partial charge < -0.3 is 19.5 Å². The molecule has 0 atom stereocenters. The molecule has 3 rings (SSSR count). The summed E-state index contributed by atoms with van der Waals surface area (Å²) in [5.74, 6) is -0.538. The number of halogens is 2. The van der Waals surface area contributed by atoms with Crippen molar-refractivity contribution in [3.8, 4) is 11.5 Å². The summed E-state index contributed by atoms with van der Waals surface area (Å²) in [5, 5.41) is 2.61. The first-order valence-electron chi connectivity index (χ1n) is 9.91. The Bertz CT molecular complexity index is 1060. The fourth-order valence-electron chi connectivity index (χ4n) is 3.07. The fourth-order valence-corrected chi connectivity index (χ4v) is 4.50. The van der Waals surface area contributed by atoms with Crippen LogP contribution in [0, 0.1) is 0 Å². The maximum atomic E-state index is 13.0. The summed E-state index contributed by atoms with van der Waals surface area (Å²) in [4.78, 5) is 12.8. The number of sulfonamides is 1. The first-order chi connectivity index (χ1) is 15.2. The first kappa shape index (κ1) is 23.9. The second-order valence-corrected chi connectivity index (χ2v) is 9.14. The number of benzene rings is 2. The number of hydrogen-bond acceptors (Lipinski definition) is 6. The summed E-state index contributed by atoms with van der Waals surface area (Å²) in [6.07, 6.45) is -0.241. The van der Waals surface area contributed by atoms with Gasteiger partial charge in [-0.15, -0.1) is 0 Å². The molecular formula is C21H24F2N2O6S. The van der Waals surface area contributed by atoms with E-state index in [1.165, 1.54) is 46.8 Å². The molecule has 1 aliphatic rings. The molecule has 1 amide bonds. The van der Waals surface area contributed by atoms with E-state index < -0.39 is 22.5 Å². The monoisotopic (exact) mass is 470 g/mol. The Morgan fingerprint density at radius 3 is 2.47 bits per heavy atom. The second kappa shape index (κ2) is 10.2. The predicted molar refractivity (Wildman–Crippen MR) is 113 cm³/mol. The van der Waals surface area contributed by atoms with E-state index in [0.717, 1.165) is 0 Å². The van der Waals surface area contributed by atoms with Gasteiger partial charge in [0.15, 0.2) is 0 Å². The van der Waals surface area contributed by atoms with Crippen LogP contribution in [0.1, 0.15) is 24.2 Å². The molecule has 0 saturated carbocycles. The molecular weight excluding hydrogens is 446 g/mol. The van der Waals surface area contributed by atoms with Crippen molar-refractivity contribution >= 4 is 21.6 Å². The Morgan fingerprint density at radius 2 is 1.81 bits per heavy atom. The molecule has 32 heavy (non-hydrogen) atoms. The third kappa shape index (κ3) is 5.93. The quantitative estimate of drug-likeness (QED) is 0.636. The van der Waals surface area contributed by atoms with E-state index in [1.54, 1.807) is 13.8 Å².